The van der Waals surface area contributed by atoms with E-state index in [2.05, 4.69) is 10.0 Å². The number of rotatable bonds is 8. The van der Waals surface area contributed by atoms with E-state index in [1.54, 1.807) is 13.8 Å². The lowest BCUT2D eigenvalue weighted by molar-refractivity contribution is -0.383. The molecule has 120 valence electrons. The quantitative estimate of drug-likeness (QED) is 0.562. The summed E-state index contributed by atoms with van der Waals surface area (Å²) >= 11 is 0.877. The van der Waals surface area contributed by atoms with Crippen LogP contribution in [0, 0.1) is 16.0 Å². The third kappa shape index (κ3) is 4.39. The average Bonchev–Trinajstić information content (AvgIpc) is 2.82. The summed E-state index contributed by atoms with van der Waals surface area (Å²) in [7, 11) is -3.74. The van der Waals surface area contributed by atoms with Crippen molar-refractivity contribution in [2.24, 2.45) is 5.92 Å². The molecule has 0 aliphatic rings. The van der Waals surface area contributed by atoms with E-state index in [1.807, 2.05) is 13.8 Å². The Hall–Kier alpha value is -1.19. The van der Waals surface area contributed by atoms with Gasteiger partial charge in [0, 0.05) is 18.7 Å². The van der Waals surface area contributed by atoms with E-state index in [9.17, 15) is 18.5 Å². The molecule has 0 spiro atoms. The summed E-state index contributed by atoms with van der Waals surface area (Å²) in [4.78, 5) is 10.4. The van der Waals surface area contributed by atoms with E-state index < -0.39 is 14.9 Å². The first kappa shape index (κ1) is 17.9. The van der Waals surface area contributed by atoms with Crippen molar-refractivity contribution in [1.29, 1.82) is 0 Å². The summed E-state index contributed by atoms with van der Waals surface area (Å²) in [5.41, 5.74) is -0.210. The Kier molecular flexibility index (Phi) is 6.11. The number of thiophene rings is 1. The molecule has 0 fully saturated rings. The summed E-state index contributed by atoms with van der Waals surface area (Å²) in [6.07, 6.45) is 0.844. The molecular weight excluding hydrogens is 314 g/mol. The van der Waals surface area contributed by atoms with Crippen molar-refractivity contribution >= 4 is 32.0 Å². The molecule has 1 aromatic heterocycles. The van der Waals surface area contributed by atoms with Crippen LogP contribution in [0.4, 0.5) is 10.7 Å². The zero-order chi connectivity index (χ0) is 16.2. The van der Waals surface area contributed by atoms with Crippen LogP contribution in [0.5, 0.6) is 0 Å². The van der Waals surface area contributed by atoms with E-state index in [-0.39, 0.29) is 26.9 Å². The maximum Gasteiger partial charge on any atom is 0.304 e. The van der Waals surface area contributed by atoms with Crippen LogP contribution in [0.1, 0.15) is 34.1 Å². The van der Waals surface area contributed by atoms with E-state index in [4.69, 9.17) is 0 Å². The van der Waals surface area contributed by atoms with Gasteiger partial charge in [0.1, 0.15) is 4.21 Å². The molecule has 0 aromatic carbocycles. The van der Waals surface area contributed by atoms with Gasteiger partial charge in [0.2, 0.25) is 0 Å². The molecule has 0 aliphatic heterocycles. The first-order chi connectivity index (χ1) is 9.72. The molecule has 2 unspecified atom stereocenters. The fourth-order valence-corrected chi connectivity index (χ4v) is 4.45. The van der Waals surface area contributed by atoms with Crippen molar-refractivity contribution in [1.82, 2.24) is 4.72 Å². The van der Waals surface area contributed by atoms with Crippen LogP contribution < -0.4 is 10.0 Å². The summed E-state index contributed by atoms with van der Waals surface area (Å²) in [5, 5.41) is 14.1. The lowest BCUT2D eigenvalue weighted by Crippen LogP contribution is -2.36. The molecule has 2 atom stereocenters. The van der Waals surface area contributed by atoms with Crippen molar-refractivity contribution in [3.63, 3.8) is 0 Å². The second-order valence-electron chi connectivity index (χ2n) is 4.86. The number of nitrogens with zero attached hydrogens (tertiary/aromatic N) is 1. The van der Waals surface area contributed by atoms with E-state index >= 15 is 0 Å². The predicted molar refractivity (Wildman–Crippen MR) is 84.4 cm³/mol. The molecule has 1 aromatic rings. The number of nitrogens with one attached hydrogen (secondary N) is 2. The van der Waals surface area contributed by atoms with Crippen molar-refractivity contribution in [2.45, 2.75) is 44.4 Å². The SMILES string of the molecule is CCNc1sc(S(=O)(=O)NC(C)C(C)CC)cc1[N+](=O)[O-]. The minimum atomic E-state index is -3.74. The van der Waals surface area contributed by atoms with E-state index in [0.717, 1.165) is 23.8 Å². The van der Waals surface area contributed by atoms with Gasteiger partial charge in [0.15, 0.2) is 5.00 Å². The number of sulfonamides is 1. The highest BCUT2D eigenvalue weighted by molar-refractivity contribution is 7.91. The fourth-order valence-electron chi connectivity index (χ4n) is 1.69. The van der Waals surface area contributed by atoms with Crippen LogP contribution in [-0.4, -0.2) is 25.9 Å². The molecule has 0 radical (unpaired) electrons. The van der Waals surface area contributed by atoms with Gasteiger partial charge in [-0.15, -0.1) is 0 Å². The molecule has 1 heterocycles. The minimum absolute atomic E-state index is 0.0414. The highest BCUT2D eigenvalue weighted by atomic mass is 32.2. The minimum Gasteiger partial charge on any atom is -0.372 e. The molecule has 2 N–H and O–H groups in total. The van der Waals surface area contributed by atoms with Gasteiger partial charge < -0.3 is 5.32 Å². The van der Waals surface area contributed by atoms with Gasteiger partial charge in [-0.05, 0) is 19.8 Å². The lowest BCUT2D eigenvalue weighted by atomic mass is 10.0. The Morgan fingerprint density at radius 1 is 1.38 bits per heavy atom. The van der Waals surface area contributed by atoms with Crippen LogP contribution in [0.15, 0.2) is 10.3 Å². The highest BCUT2D eigenvalue weighted by Crippen LogP contribution is 2.37. The fraction of sp³-hybridized carbons (Fsp3) is 0.667. The molecule has 0 aliphatic carbocycles. The molecule has 0 saturated heterocycles. The van der Waals surface area contributed by atoms with Gasteiger partial charge in [-0.1, -0.05) is 31.6 Å². The summed E-state index contributed by atoms with van der Waals surface area (Å²) in [5.74, 6) is 0.183. The average molecular weight is 335 g/mol. The third-order valence-electron chi connectivity index (χ3n) is 3.33. The van der Waals surface area contributed by atoms with Crippen LogP contribution in [0.25, 0.3) is 0 Å². The zero-order valence-corrected chi connectivity index (χ0v) is 14.2. The molecule has 9 heteroatoms. The van der Waals surface area contributed by atoms with Crippen molar-refractivity contribution < 1.29 is 13.3 Å². The Bertz CT molecular complexity index is 598. The summed E-state index contributed by atoms with van der Waals surface area (Å²) in [6, 6.07) is 0.873. The van der Waals surface area contributed by atoms with Crippen LogP contribution in [0.3, 0.4) is 0 Å². The highest BCUT2D eigenvalue weighted by Gasteiger charge is 2.27. The zero-order valence-electron chi connectivity index (χ0n) is 12.5. The number of hydrogen-bond acceptors (Lipinski definition) is 6. The molecule has 0 saturated carbocycles. The standard InChI is InChI=1S/C12H21N3O4S2/c1-5-8(3)9(4)14-21(18,19)11-7-10(15(16)17)12(20-11)13-6-2/h7-9,13-14H,5-6H2,1-4H3. The summed E-state index contributed by atoms with van der Waals surface area (Å²) in [6.45, 7) is 8.00. The Morgan fingerprint density at radius 2 is 2.00 bits per heavy atom. The molecule has 0 bridgehead atoms. The number of anilines is 1. The van der Waals surface area contributed by atoms with Gasteiger partial charge >= 0.3 is 5.69 Å². The van der Waals surface area contributed by atoms with Gasteiger partial charge in [-0.3, -0.25) is 10.1 Å². The second-order valence-corrected chi connectivity index (χ2v) is 7.86. The molecular formula is C12H21N3O4S2. The first-order valence-corrected chi connectivity index (χ1v) is 9.07. The topological polar surface area (TPSA) is 101 Å². The maximum absolute atomic E-state index is 12.3. The maximum atomic E-state index is 12.3. The van der Waals surface area contributed by atoms with E-state index in [0.29, 0.717) is 6.54 Å². The van der Waals surface area contributed by atoms with Gasteiger partial charge in [-0.2, -0.15) is 0 Å². The molecule has 21 heavy (non-hydrogen) atoms. The van der Waals surface area contributed by atoms with Gasteiger partial charge in [-0.25, -0.2) is 13.1 Å². The number of hydrogen-bond donors (Lipinski definition) is 2. The third-order valence-corrected chi connectivity index (χ3v) is 6.44. The summed E-state index contributed by atoms with van der Waals surface area (Å²) < 4.78 is 27.1. The second kappa shape index (κ2) is 7.19. The lowest BCUT2D eigenvalue weighted by Gasteiger charge is -2.19. The molecule has 1 rings (SSSR count). The smallest absolute Gasteiger partial charge is 0.304 e. The Morgan fingerprint density at radius 3 is 2.48 bits per heavy atom. The first-order valence-electron chi connectivity index (χ1n) is 6.77. The predicted octanol–water partition coefficient (Wildman–Crippen LogP) is 2.80. The van der Waals surface area contributed by atoms with Crippen LogP contribution in [-0.2, 0) is 10.0 Å². The van der Waals surface area contributed by atoms with Crippen LogP contribution in [0.2, 0.25) is 0 Å². The Balaban J connectivity index is 3.08. The monoisotopic (exact) mass is 335 g/mol. The molecule has 0 amide bonds. The van der Waals surface area contributed by atoms with Crippen LogP contribution >= 0.6 is 11.3 Å². The van der Waals surface area contributed by atoms with Gasteiger partial charge in [0.05, 0.1) is 4.92 Å². The Labute approximate surface area is 129 Å². The van der Waals surface area contributed by atoms with Gasteiger partial charge in [0.25, 0.3) is 10.0 Å². The number of nitro groups is 1. The molecule has 7 nitrogen and oxygen atoms in total. The van der Waals surface area contributed by atoms with E-state index in [1.165, 1.54) is 0 Å². The van der Waals surface area contributed by atoms with Crippen molar-refractivity contribution in [3.8, 4) is 0 Å². The normalized spacial score (nSPS) is 14.7. The van der Waals surface area contributed by atoms with Crippen molar-refractivity contribution in [3.05, 3.63) is 16.2 Å². The van der Waals surface area contributed by atoms with Crippen molar-refractivity contribution in [2.75, 3.05) is 11.9 Å². The largest absolute Gasteiger partial charge is 0.372 e.